The van der Waals surface area contributed by atoms with Crippen molar-refractivity contribution >= 4 is 0 Å². The molecule has 1 aliphatic heterocycles. The van der Waals surface area contributed by atoms with Crippen molar-refractivity contribution in [3.05, 3.63) is 29.1 Å². The van der Waals surface area contributed by atoms with Crippen molar-refractivity contribution in [2.45, 2.75) is 96.7 Å². The first kappa shape index (κ1) is 23.0. The Morgan fingerprint density at radius 3 is 2.26 bits per heavy atom. The molecule has 0 radical (unpaired) electrons. The summed E-state index contributed by atoms with van der Waals surface area (Å²) in [5, 5.41) is 0. The SMILES string of the molecule is CCCC1CCC(C2CCC(COc3cc(F)c4c(c3)COC(CCF)C4)CC2)CC1. The number of halogens is 2. The molecule has 0 bridgehead atoms. The lowest BCUT2D eigenvalue weighted by Gasteiger charge is -2.37. The second-order valence-electron chi connectivity index (χ2n) is 10.3. The topological polar surface area (TPSA) is 18.5 Å². The summed E-state index contributed by atoms with van der Waals surface area (Å²) >= 11 is 0. The zero-order chi connectivity index (χ0) is 21.6. The molecule has 31 heavy (non-hydrogen) atoms. The van der Waals surface area contributed by atoms with Gasteiger partial charge in [-0.1, -0.05) is 32.6 Å². The maximum absolute atomic E-state index is 14.6. The van der Waals surface area contributed by atoms with Crippen LogP contribution in [0.25, 0.3) is 0 Å². The van der Waals surface area contributed by atoms with Gasteiger partial charge in [0, 0.05) is 18.9 Å². The molecule has 1 aromatic carbocycles. The summed E-state index contributed by atoms with van der Waals surface area (Å²) in [7, 11) is 0. The monoisotopic (exact) mass is 434 g/mol. The fourth-order valence-corrected chi connectivity index (χ4v) is 6.30. The van der Waals surface area contributed by atoms with E-state index in [0.29, 0.717) is 43.3 Å². The average molecular weight is 435 g/mol. The summed E-state index contributed by atoms with van der Waals surface area (Å²) in [6.45, 7) is 2.91. The van der Waals surface area contributed by atoms with Crippen molar-refractivity contribution in [2.75, 3.05) is 13.3 Å². The molecule has 0 N–H and O–H groups in total. The Morgan fingerprint density at radius 2 is 1.61 bits per heavy atom. The molecular formula is C27H40F2O2. The van der Waals surface area contributed by atoms with Gasteiger partial charge in [0.05, 0.1) is 26.0 Å². The lowest BCUT2D eigenvalue weighted by molar-refractivity contribution is 0.0182. The molecule has 0 spiro atoms. The third-order valence-electron chi connectivity index (χ3n) is 8.23. The molecule has 4 rings (SSSR count). The van der Waals surface area contributed by atoms with Crippen LogP contribution in [-0.4, -0.2) is 19.4 Å². The van der Waals surface area contributed by atoms with Gasteiger partial charge in [-0.15, -0.1) is 0 Å². The number of rotatable bonds is 8. The molecular weight excluding hydrogens is 394 g/mol. The molecule has 2 saturated carbocycles. The summed E-state index contributed by atoms with van der Waals surface area (Å²) in [5.41, 5.74) is 1.53. The number of benzene rings is 1. The van der Waals surface area contributed by atoms with Crippen molar-refractivity contribution in [1.29, 1.82) is 0 Å². The third kappa shape index (κ3) is 6.00. The van der Waals surface area contributed by atoms with Gasteiger partial charge in [-0.25, -0.2) is 4.39 Å². The van der Waals surface area contributed by atoms with Crippen LogP contribution in [0.5, 0.6) is 5.75 Å². The normalized spacial score (nSPS) is 31.3. The Hall–Kier alpha value is -1.16. The molecule has 2 aliphatic carbocycles. The van der Waals surface area contributed by atoms with E-state index in [1.54, 1.807) is 0 Å². The van der Waals surface area contributed by atoms with E-state index in [0.717, 1.165) is 23.3 Å². The molecule has 1 atom stereocenters. The smallest absolute Gasteiger partial charge is 0.130 e. The maximum atomic E-state index is 14.6. The highest BCUT2D eigenvalue weighted by atomic mass is 19.1. The van der Waals surface area contributed by atoms with Crippen molar-refractivity contribution in [1.82, 2.24) is 0 Å². The third-order valence-corrected chi connectivity index (χ3v) is 8.23. The second-order valence-corrected chi connectivity index (χ2v) is 10.3. The van der Waals surface area contributed by atoms with Crippen LogP contribution in [0.15, 0.2) is 12.1 Å². The minimum Gasteiger partial charge on any atom is -0.493 e. The summed E-state index contributed by atoms with van der Waals surface area (Å²) in [6.07, 6.45) is 14.3. The zero-order valence-electron chi connectivity index (χ0n) is 19.2. The van der Waals surface area contributed by atoms with Crippen molar-refractivity contribution < 1.29 is 18.3 Å². The van der Waals surface area contributed by atoms with Gasteiger partial charge in [-0.05, 0) is 79.4 Å². The number of hydrogen-bond donors (Lipinski definition) is 0. The first-order valence-electron chi connectivity index (χ1n) is 12.8. The van der Waals surface area contributed by atoms with Crippen LogP contribution in [0.2, 0.25) is 0 Å². The van der Waals surface area contributed by atoms with Gasteiger partial charge in [0.1, 0.15) is 11.6 Å². The molecule has 1 unspecified atom stereocenters. The number of hydrogen-bond acceptors (Lipinski definition) is 2. The van der Waals surface area contributed by atoms with E-state index in [1.165, 1.54) is 70.3 Å². The van der Waals surface area contributed by atoms with E-state index in [1.807, 2.05) is 6.07 Å². The number of fused-ring (bicyclic) bond motifs is 1. The van der Waals surface area contributed by atoms with Gasteiger partial charge in [0.25, 0.3) is 0 Å². The van der Waals surface area contributed by atoms with Crippen LogP contribution in [0.4, 0.5) is 8.78 Å². The van der Waals surface area contributed by atoms with Gasteiger partial charge in [-0.3, -0.25) is 4.39 Å². The minimum atomic E-state index is -0.425. The fourth-order valence-electron chi connectivity index (χ4n) is 6.30. The van der Waals surface area contributed by atoms with E-state index in [9.17, 15) is 8.78 Å². The molecule has 0 amide bonds. The Morgan fingerprint density at radius 1 is 0.935 bits per heavy atom. The predicted molar refractivity (Wildman–Crippen MR) is 121 cm³/mol. The van der Waals surface area contributed by atoms with Crippen molar-refractivity contribution in [3.8, 4) is 5.75 Å². The van der Waals surface area contributed by atoms with Crippen LogP contribution >= 0.6 is 0 Å². The first-order valence-corrected chi connectivity index (χ1v) is 12.8. The Labute approximate surface area is 187 Å². The van der Waals surface area contributed by atoms with E-state index < -0.39 is 6.67 Å². The Kier molecular flexibility index (Phi) is 8.25. The average Bonchev–Trinajstić information content (AvgIpc) is 2.79. The molecule has 2 fully saturated rings. The predicted octanol–water partition coefficient (Wildman–Crippen LogP) is 7.42. The lowest BCUT2D eigenvalue weighted by atomic mass is 9.69. The van der Waals surface area contributed by atoms with Crippen LogP contribution in [-0.2, 0) is 17.8 Å². The van der Waals surface area contributed by atoms with E-state index in [4.69, 9.17) is 9.47 Å². The molecule has 3 aliphatic rings. The quantitative estimate of drug-likeness (QED) is 0.424. The van der Waals surface area contributed by atoms with Crippen LogP contribution in [0.1, 0.15) is 88.7 Å². The molecule has 0 saturated heterocycles. The number of alkyl halides is 1. The molecule has 2 nitrogen and oxygen atoms in total. The van der Waals surface area contributed by atoms with Crippen molar-refractivity contribution in [3.63, 3.8) is 0 Å². The maximum Gasteiger partial charge on any atom is 0.130 e. The van der Waals surface area contributed by atoms with Crippen LogP contribution < -0.4 is 4.74 Å². The van der Waals surface area contributed by atoms with Crippen LogP contribution in [0.3, 0.4) is 0 Å². The Balaban J connectivity index is 1.22. The summed E-state index contributed by atoms with van der Waals surface area (Å²) in [4.78, 5) is 0. The van der Waals surface area contributed by atoms with Crippen molar-refractivity contribution in [2.24, 2.45) is 23.7 Å². The molecule has 1 heterocycles. The van der Waals surface area contributed by atoms with Gasteiger partial charge in [-0.2, -0.15) is 0 Å². The summed E-state index contributed by atoms with van der Waals surface area (Å²) in [5.74, 6) is 3.81. The zero-order valence-corrected chi connectivity index (χ0v) is 19.2. The van der Waals surface area contributed by atoms with E-state index in [2.05, 4.69) is 6.92 Å². The van der Waals surface area contributed by atoms with Gasteiger partial charge < -0.3 is 9.47 Å². The van der Waals surface area contributed by atoms with Gasteiger partial charge >= 0.3 is 0 Å². The molecule has 4 heteroatoms. The summed E-state index contributed by atoms with van der Waals surface area (Å²) in [6, 6.07) is 3.43. The Bertz CT molecular complexity index is 691. The van der Waals surface area contributed by atoms with E-state index in [-0.39, 0.29) is 11.9 Å². The van der Waals surface area contributed by atoms with Gasteiger partial charge in [0.2, 0.25) is 0 Å². The van der Waals surface area contributed by atoms with Crippen LogP contribution in [0, 0.1) is 29.5 Å². The number of ether oxygens (including phenoxy) is 2. The first-order chi connectivity index (χ1) is 15.2. The van der Waals surface area contributed by atoms with Gasteiger partial charge in [0.15, 0.2) is 0 Å². The second kappa shape index (κ2) is 11.1. The van der Waals surface area contributed by atoms with E-state index >= 15 is 0 Å². The fraction of sp³-hybridized carbons (Fsp3) is 0.778. The largest absolute Gasteiger partial charge is 0.493 e. The molecule has 174 valence electrons. The molecule has 0 aromatic heterocycles. The summed E-state index contributed by atoms with van der Waals surface area (Å²) < 4.78 is 38.9. The molecule has 1 aromatic rings. The lowest BCUT2D eigenvalue weighted by Crippen LogP contribution is -2.27. The highest BCUT2D eigenvalue weighted by Crippen LogP contribution is 2.42. The minimum absolute atomic E-state index is 0.212. The highest BCUT2D eigenvalue weighted by molar-refractivity contribution is 5.38. The highest BCUT2D eigenvalue weighted by Gasteiger charge is 2.31. The standard InChI is InChI=1S/C27H40F2O2/c1-2-3-19-4-8-21(9-5-19)22-10-6-20(7-11-22)17-30-25-14-23-18-31-24(12-13-28)15-26(23)27(29)16-25/h14,16,19-22,24H,2-13,15,17-18H2,1H3.